The maximum absolute atomic E-state index is 4.46. The van der Waals surface area contributed by atoms with Crippen molar-refractivity contribution in [2.24, 2.45) is 0 Å². The molecule has 1 N–H and O–H groups in total. The van der Waals surface area contributed by atoms with Gasteiger partial charge >= 0.3 is 0 Å². The molecule has 3 aromatic rings. The van der Waals surface area contributed by atoms with Crippen molar-refractivity contribution in [1.82, 2.24) is 24.4 Å². The lowest BCUT2D eigenvalue weighted by Gasteiger charge is -2.14. The molecule has 6 nitrogen and oxygen atoms in total. The van der Waals surface area contributed by atoms with Crippen LogP contribution in [0, 0.1) is 0 Å². The number of hydrogen-bond donors (Lipinski definition) is 1. The van der Waals surface area contributed by atoms with Gasteiger partial charge in [0.1, 0.15) is 5.82 Å². The fourth-order valence-corrected chi connectivity index (χ4v) is 1.88. The van der Waals surface area contributed by atoms with E-state index in [0.29, 0.717) is 0 Å². The third kappa shape index (κ3) is 2.17. The van der Waals surface area contributed by atoms with Gasteiger partial charge in [-0.3, -0.25) is 4.68 Å². The average Bonchev–Trinajstić information content (AvgIpc) is 2.98. The first kappa shape index (κ1) is 10.8. The smallest absolute Gasteiger partial charge is 0.157 e. The van der Waals surface area contributed by atoms with E-state index in [9.17, 15) is 0 Å². The van der Waals surface area contributed by atoms with Crippen molar-refractivity contribution < 1.29 is 0 Å². The van der Waals surface area contributed by atoms with Crippen LogP contribution in [0.4, 0.5) is 5.82 Å². The highest BCUT2D eigenvalue weighted by Gasteiger charge is 2.05. The molecule has 0 aliphatic carbocycles. The minimum atomic E-state index is 0.253. The molecule has 0 saturated heterocycles. The maximum atomic E-state index is 4.46. The van der Waals surface area contributed by atoms with E-state index in [1.54, 1.807) is 16.9 Å². The van der Waals surface area contributed by atoms with Crippen LogP contribution in [0.3, 0.4) is 0 Å². The van der Waals surface area contributed by atoms with E-state index in [1.165, 1.54) is 0 Å². The Morgan fingerprint density at radius 2 is 2.17 bits per heavy atom. The molecule has 0 fully saturated rings. The Labute approximate surface area is 104 Å². The molecule has 0 amide bonds. The Hall–Kier alpha value is -2.37. The van der Waals surface area contributed by atoms with Crippen molar-refractivity contribution in [3.63, 3.8) is 0 Å². The Morgan fingerprint density at radius 1 is 1.22 bits per heavy atom. The molecule has 0 aromatic carbocycles. The summed E-state index contributed by atoms with van der Waals surface area (Å²) in [6.07, 6.45) is 7.36. The first-order valence-electron chi connectivity index (χ1n) is 5.85. The second-order valence-electron chi connectivity index (χ2n) is 4.22. The van der Waals surface area contributed by atoms with Gasteiger partial charge in [0, 0.05) is 30.7 Å². The highest BCUT2D eigenvalue weighted by atomic mass is 15.3. The van der Waals surface area contributed by atoms with Crippen LogP contribution < -0.4 is 5.32 Å². The maximum Gasteiger partial charge on any atom is 0.157 e. The van der Waals surface area contributed by atoms with Gasteiger partial charge in [0.15, 0.2) is 5.65 Å². The van der Waals surface area contributed by atoms with Gasteiger partial charge in [-0.2, -0.15) is 10.2 Å². The van der Waals surface area contributed by atoms with Crippen molar-refractivity contribution >= 4 is 11.5 Å². The third-order valence-electron chi connectivity index (χ3n) is 2.67. The van der Waals surface area contributed by atoms with Gasteiger partial charge in [-0.25, -0.2) is 9.50 Å². The van der Waals surface area contributed by atoms with Crippen LogP contribution in [0.2, 0.25) is 0 Å². The molecule has 92 valence electrons. The van der Waals surface area contributed by atoms with Crippen molar-refractivity contribution in [2.75, 3.05) is 5.32 Å². The van der Waals surface area contributed by atoms with Crippen LogP contribution in [0.15, 0.2) is 43.0 Å². The molecule has 0 saturated carbocycles. The molecule has 0 aliphatic rings. The third-order valence-corrected chi connectivity index (χ3v) is 2.67. The van der Waals surface area contributed by atoms with Crippen molar-refractivity contribution in [2.45, 2.75) is 19.5 Å². The SMILES string of the molecule is CC(Cn1cccn1)Nc1ccn2nccc2n1. The summed E-state index contributed by atoms with van der Waals surface area (Å²) in [5, 5.41) is 11.6. The molecule has 18 heavy (non-hydrogen) atoms. The van der Waals surface area contributed by atoms with E-state index in [1.807, 2.05) is 35.3 Å². The lowest BCUT2D eigenvalue weighted by atomic mass is 10.3. The van der Waals surface area contributed by atoms with Crippen LogP contribution in [0.1, 0.15) is 6.92 Å². The highest BCUT2D eigenvalue weighted by molar-refractivity contribution is 5.45. The van der Waals surface area contributed by atoms with Crippen molar-refractivity contribution in [3.05, 3.63) is 43.0 Å². The summed E-state index contributed by atoms with van der Waals surface area (Å²) in [4.78, 5) is 4.46. The molecule has 3 aromatic heterocycles. The van der Waals surface area contributed by atoms with Crippen molar-refractivity contribution in [3.8, 4) is 0 Å². The fraction of sp³-hybridized carbons (Fsp3) is 0.250. The molecular formula is C12H14N6. The number of nitrogens with one attached hydrogen (secondary N) is 1. The second-order valence-corrected chi connectivity index (χ2v) is 4.22. The predicted octanol–water partition coefficient (Wildman–Crippen LogP) is 1.43. The molecule has 0 bridgehead atoms. The summed E-state index contributed by atoms with van der Waals surface area (Å²) in [7, 11) is 0. The second kappa shape index (κ2) is 4.48. The summed E-state index contributed by atoms with van der Waals surface area (Å²) in [5.74, 6) is 0.850. The number of rotatable bonds is 4. The van der Waals surface area contributed by atoms with Crippen LogP contribution in [0.5, 0.6) is 0 Å². The van der Waals surface area contributed by atoms with E-state index in [4.69, 9.17) is 0 Å². The van der Waals surface area contributed by atoms with Crippen LogP contribution in [-0.4, -0.2) is 30.4 Å². The molecule has 3 heterocycles. The largest absolute Gasteiger partial charge is 0.366 e. The number of nitrogens with zero attached hydrogens (tertiary/aromatic N) is 5. The number of fused-ring (bicyclic) bond motifs is 1. The van der Waals surface area contributed by atoms with Crippen LogP contribution >= 0.6 is 0 Å². The lowest BCUT2D eigenvalue weighted by Crippen LogP contribution is -2.22. The Morgan fingerprint density at radius 3 is 3.00 bits per heavy atom. The zero-order valence-electron chi connectivity index (χ0n) is 10.1. The van der Waals surface area contributed by atoms with Gasteiger partial charge in [0.2, 0.25) is 0 Å². The molecule has 0 spiro atoms. The standard InChI is InChI=1S/C12H14N6/c1-10(9-17-7-2-5-13-17)15-11-4-8-18-12(16-11)3-6-14-18/h2-8,10H,9H2,1H3,(H,15,16). The van der Waals surface area contributed by atoms with Gasteiger partial charge in [-0.05, 0) is 19.1 Å². The Balaban J connectivity index is 1.71. The quantitative estimate of drug-likeness (QED) is 0.751. The number of hydrogen-bond acceptors (Lipinski definition) is 4. The molecule has 0 aliphatic heterocycles. The van der Waals surface area contributed by atoms with Crippen LogP contribution in [0.25, 0.3) is 5.65 Å². The van der Waals surface area contributed by atoms with E-state index in [0.717, 1.165) is 18.0 Å². The van der Waals surface area contributed by atoms with E-state index >= 15 is 0 Å². The zero-order valence-corrected chi connectivity index (χ0v) is 10.1. The van der Waals surface area contributed by atoms with Gasteiger partial charge < -0.3 is 5.32 Å². The molecule has 1 unspecified atom stereocenters. The molecule has 3 rings (SSSR count). The minimum absolute atomic E-state index is 0.253. The highest BCUT2D eigenvalue weighted by Crippen LogP contribution is 2.07. The first-order valence-corrected chi connectivity index (χ1v) is 5.85. The monoisotopic (exact) mass is 242 g/mol. The predicted molar refractivity (Wildman–Crippen MR) is 68.3 cm³/mol. The molecule has 6 heteroatoms. The van der Waals surface area contributed by atoms with E-state index in [-0.39, 0.29) is 6.04 Å². The minimum Gasteiger partial charge on any atom is -0.366 e. The summed E-state index contributed by atoms with van der Waals surface area (Å²) < 4.78 is 3.64. The zero-order chi connectivity index (χ0) is 12.4. The molecular weight excluding hydrogens is 228 g/mol. The van der Waals surface area contributed by atoms with Gasteiger partial charge in [0.05, 0.1) is 12.7 Å². The van der Waals surface area contributed by atoms with E-state index < -0.39 is 0 Å². The topological polar surface area (TPSA) is 60.0 Å². The first-order chi connectivity index (χ1) is 8.81. The summed E-state index contributed by atoms with van der Waals surface area (Å²) in [6.45, 7) is 2.91. The lowest BCUT2D eigenvalue weighted by molar-refractivity contribution is 0.559. The Kier molecular flexibility index (Phi) is 2.68. The van der Waals surface area contributed by atoms with Gasteiger partial charge in [-0.1, -0.05) is 0 Å². The summed E-state index contributed by atoms with van der Waals surface area (Å²) in [6, 6.07) is 5.97. The average molecular weight is 242 g/mol. The van der Waals surface area contributed by atoms with E-state index in [2.05, 4.69) is 27.4 Å². The fourth-order valence-electron chi connectivity index (χ4n) is 1.88. The summed E-state index contributed by atoms with van der Waals surface area (Å²) in [5.41, 5.74) is 0.839. The van der Waals surface area contributed by atoms with Crippen LogP contribution in [-0.2, 0) is 6.54 Å². The van der Waals surface area contributed by atoms with Gasteiger partial charge in [0.25, 0.3) is 0 Å². The summed E-state index contributed by atoms with van der Waals surface area (Å²) >= 11 is 0. The van der Waals surface area contributed by atoms with Gasteiger partial charge in [-0.15, -0.1) is 0 Å². The van der Waals surface area contributed by atoms with Crippen molar-refractivity contribution in [1.29, 1.82) is 0 Å². The normalized spacial score (nSPS) is 12.7. The number of aromatic nitrogens is 5. The Bertz CT molecular complexity index is 627. The molecule has 1 atom stereocenters. The number of anilines is 1. The molecule has 0 radical (unpaired) electrons.